The van der Waals surface area contributed by atoms with Crippen molar-refractivity contribution in [3.63, 3.8) is 0 Å². The predicted molar refractivity (Wildman–Crippen MR) is 107 cm³/mol. The van der Waals surface area contributed by atoms with Gasteiger partial charge in [0.05, 0.1) is 26.9 Å². The molecule has 1 aliphatic heterocycles. The van der Waals surface area contributed by atoms with Gasteiger partial charge in [-0.05, 0) is 30.5 Å². The minimum Gasteiger partial charge on any atom is -0.497 e. The minimum absolute atomic E-state index is 0.476. The maximum Gasteiger partial charge on any atom is 0.191 e. The highest BCUT2D eigenvalue weighted by Gasteiger charge is 2.23. The monoisotopic (exact) mass is 362 g/mol. The van der Waals surface area contributed by atoms with E-state index in [1.165, 1.54) is 0 Å². The number of nitrogens with zero attached hydrogens (tertiary/aromatic N) is 2. The summed E-state index contributed by atoms with van der Waals surface area (Å²) in [5, 5.41) is 6.87. The van der Waals surface area contributed by atoms with E-state index < -0.39 is 0 Å². The Labute approximate surface area is 158 Å². The van der Waals surface area contributed by atoms with Crippen molar-refractivity contribution in [2.24, 2.45) is 10.9 Å². The number of rotatable bonds is 8. The van der Waals surface area contributed by atoms with Gasteiger partial charge in [0.2, 0.25) is 0 Å². The van der Waals surface area contributed by atoms with Crippen LogP contribution in [0.15, 0.2) is 29.3 Å². The molecule has 0 radical (unpaired) electrons. The topological polar surface area (TPSA) is 58.1 Å². The first kappa shape index (κ1) is 20.5. The molecule has 0 spiro atoms. The summed E-state index contributed by atoms with van der Waals surface area (Å²) in [4.78, 5) is 7.25. The largest absolute Gasteiger partial charge is 0.497 e. The zero-order chi connectivity index (χ0) is 18.8. The summed E-state index contributed by atoms with van der Waals surface area (Å²) >= 11 is 0. The molecule has 0 aliphatic carbocycles. The number of benzene rings is 1. The lowest BCUT2D eigenvalue weighted by molar-refractivity contribution is 0.00752. The van der Waals surface area contributed by atoms with Crippen LogP contribution in [-0.2, 0) is 11.3 Å². The molecule has 1 aromatic rings. The van der Waals surface area contributed by atoms with Crippen LogP contribution in [0.25, 0.3) is 0 Å². The Morgan fingerprint density at radius 3 is 2.46 bits per heavy atom. The number of aliphatic imine (C=N–C) groups is 1. The molecule has 6 heteroatoms. The Bertz CT molecular complexity index is 539. The van der Waals surface area contributed by atoms with E-state index in [4.69, 9.17) is 14.5 Å². The fourth-order valence-electron chi connectivity index (χ4n) is 3.14. The summed E-state index contributed by atoms with van der Waals surface area (Å²) in [5.41, 5.74) is 1.16. The summed E-state index contributed by atoms with van der Waals surface area (Å²) in [6.45, 7) is 12.7. The van der Waals surface area contributed by atoms with Gasteiger partial charge in [-0.25, -0.2) is 4.99 Å². The molecule has 1 fully saturated rings. The molecule has 0 amide bonds. The maximum absolute atomic E-state index is 5.49. The van der Waals surface area contributed by atoms with E-state index >= 15 is 0 Å². The van der Waals surface area contributed by atoms with Crippen LogP contribution in [0.1, 0.15) is 26.3 Å². The number of guanidine groups is 1. The molecule has 1 saturated heterocycles. The molecule has 2 N–H and O–H groups in total. The van der Waals surface area contributed by atoms with Crippen LogP contribution >= 0.6 is 0 Å². The SMILES string of the molecule is CCNC(=NCc1ccc(OC)cc1)NCC(C(C)C)N1CCOCC1. The van der Waals surface area contributed by atoms with Crippen molar-refractivity contribution in [1.82, 2.24) is 15.5 Å². The highest BCUT2D eigenvalue weighted by Crippen LogP contribution is 2.13. The minimum atomic E-state index is 0.476. The fourth-order valence-corrected chi connectivity index (χ4v) is 3.14. The third kappa shape index (κ3) is 6.50. The van der Waals surface area contributed by atoms with Crippen molar-refractivity contribution in [3.8, 4) is 5.75 Å². The lowest BCUT2D eigenvalue weighted by Crippen LogP contribution is -2.52. The number of hydrogen-bond donors (Lipinski definition) is 2. The molecule has 1 aromatic carbocycles. The number of morpholine rings is 1. The molecule has 1 heterocycles. The summed E-state index contributed by atoms with van der Waals surface area (Å²) in [7, 11) is 1.68. The first-order chi connectivity index (χ1) is 12.6. The van der Waals surface area contributed by atoms with E-state index in [-0.39, 0.29) is 0 Å². The number of ether oxygens (including phenoxy) is 2. The average molecular weight is 363 g/mol. The van der Waals surface area contributed by atoms with E-state index in [2.05, 4.69) is 48.4 Å². The third-order valence-corrected chi connectivity index (χ3v) is 4.69. The van der Waals surface area contributed by atoms with Crippen molar-refractivity contribution in [3.05, 3.63) is 29.8 Å². The molecule has 0 saturated carbocycles. The van der Waals surface area contributed by atoms with E-state index in [9.17, 15) is 0 Å². The molecular formula is C20H34N4O2. The molecule has 1 unspecified atom stereocenters. The second kappa shape index (κ2) is 11.0. The van der Waals surface area contributed by atoms with Crippen LogP contribution in [0.3, 0.4) is 0 Å². The summed E-state index contributed by atoms with van der Waals surface area (Å²) < 4.78 is 10.7. The quantitative estimate of drug-likeness (QED) is 0.548. The van der Waals surface area contributed by atoms with Gasteiger partial charge in [-0.1, -0.05) is 26.0 Å². The summed E-state index contributed by atoms with van der Waals surface area (Å²) in [6, 6.07) is 8.52. The fraction of sp³-hybridized carbons (Fsp3) is 0.650. The number of methoxy groups -OCH3 is 1. The van der Waals surface area contributed by atoms with Gasteiger partial charge in [-0.3, -0.25) is 4.90 Å². The van der Waals surface area contributed by atoms with Crippen LogP contribution in [0.5, 0.6) is 5.75 Å². The van der Waals surface area contributed by atoms with Gasteiger partial charge in [0.15, 0.2) is 5.96 Å². The second-order valence-electron chi connectivity index (χ2n) is 6.88. The zero-order valence-corrected chi connectivity index (χ0v) is 16.6. The van der Waals surface area contributed by atoms with Crippen molar-refractivity contribution in [2.45, 2.75) is 33.4 Å². The molecule has 1 aliphatic rings. The molecule has 0 aromatic heterocycles. The smallest absolute Gasteiger partial charge is 0.191 e. The van der Waals surface area contributed by atoms with E-state index in [1.54, 1.807) is 7.11 Å². The Hall–Kier alpha value is -1.79. The predicted octanol–water partition coefficient (Wildman–Crippen LogP) is 2.11. The summed E-state index contributed by atoms with van der Waals surface area (Å²) in [5.74, 6) is 2.31. The molecular weight excluding hydrogens is 328 g/mol. The van der Waals surface area contributed by atoms with Crippen LogP contribution < -0.4 is 15.4 Å². The normalized spacial score (nSPS) is 17.2. The van der Waals surface area contributed by atoms with Gasteiger partial charge in [-0.2, -0.15) is 0 Å². The Morgan fingerprint density at radius 1 is 1.19 bits per heavy atom. The molecule has 0 bridgehead atoms. The van der Waals surface area contributed by atoms with Gasteiger partial charge in [0, 0.05) is 32.2 Å². The van der Waals surface area contributed by atoms with Crippen molar-refractivity contribution in [1.29, 1.82) is 0 Å². The van der Waals surface area contributed by atoms with Gasteiger partial charge >= 0.3 is 0 Å². The molecule has 2 rings (SSSR count). The highest BCUT2D eigenvalue weighted by molar-refractivity contribution is 5.79. The Morgan fingerprint density at radius 2 is 1.88 bits per heavy atom. The van der Waals surface area contributed by atoms with Crippen LogP contribution in [0.4, 0.5) is 0 Å². The van der Waals surface area contributed by atoms with Crippen LogP contribution in [0.2, 0.25) is 0 Å². The first-order valence-electron chi connectivity index (χ1n) is 9.61. The van der Waals surface area contributed by atoms with Crippen LogP contribution in [-0.4, -0.2) is 63.4 Å². The molecule has 1 atom stereocenters. The summed E-state index contributed by atoms with van der Waals surface area (Å²) in [6.07, 6.45) is 0. The molecule has 146 valence electrons. The molecule has 6 nitrogen and oxygen atoms in total. The van der Waals surface area contributed by atoms with E-state index in [0.29, 0.717) is 18.5 Å². The number of nitrogens with one attached hydrogen (secondary N) is 2. The van der Waals surface area contributed by atoms with E-state index in [0.717, 1.165) is 56.7 Å². The highest BCUT2D eigenvalue weighted by atomic mass is 16.5. The van der Waals surface area contributed by atoms with Gasteiger partial charge in [0.1, 0.15) is 5.75 Å². The van der Waals surface area contributed by atoms with Crippen LogP contribution in [0, 0.1) is 5.92 Å². The standard InChI is InChI=1S/C20H34N4O2/c1-5-21-20(22-14-17-6-8-18(25-4)9-7-17)23-15-19(16(2)3)24-10-12-26-13-11-24/h6-9,16,19H,5,10-15H2,1-4H3,(H2,21,22,23). The number of hydrogen-bond acceptors (Lipinski definition) is 4. The Balaban J connectivity index is 1.93. The van der Waals surface area contributed by atoms with Gasteiger partial charge in [0.25, 0.3) is 0 Å². The van der Waals surface area contributed by atoms with Gasteiger partial charge in [-0.15, -0.1) is 0 Å². The Kier molecular flexibility index (Phi) is 8.71. The van der Waals surface area contributed by atoms with Crippen molar-refractivity contribution < 1.29 is 9.47 Å². The molecule has 26 heavy (non-hydrogen) atoms. The zero-order valence-electron chi connectivity index (χ0n) is 16.6. The second-order valence-corrected chi connectivity index (χ2v) is 6.88. The van der Waals surface area contributed by atoms with Gasteiger partial charge < -0.3 is 20.1 Å². The lowest BCUT2D eigenvalue weighted by Gasteiger charge is -2.37. The van der Waals surface area contributed by atoms with Crippen molar-refractivity contribution >= 4 is 5.96 Å². The third-order valence-electron chi connectivity index (χ3n) is 4.69. The first-order valence-corrected chi connectivity index (χ1v) is 9.61. The van der Waals surface area contributed by atoms with Crippen molar-refractivity contribution in [2.75, 3.05) is 46.5 Å². The lowest BCUT2D eigenvalue weighted by atomic mass is 10.0. The van der Waals surface area contributed by atoms with E-state index in [1.807, 2.05) is 12.1 Å². The maximum atomic E-state index is 5.49. The average Bonchev–Trinajstić information content (AvgIpc) is 2.67.